The third-order valence-electron chi connectivity index (χ3n) is 12.9. The Morgan fingerprint density at radius 3 is 1.21 bits per heavy atom. The van der Waals surface area contributed by atoms with Crippen LogP contribution in [0, 0.1) is 11.8 Å². The van der Waals surface area contributed by atoms with Gasteiger partial charge in [-0.05, 0) is 0 Å². The molecule has 3 heteroatoms. The topological polar surface area (TPSA) is 0 Å². The minimum atomic E-state index is -2.94. The SMILES string of the molecule is C1=C(C2CCCCC2)[CH]([Zr+2]2([CH]3C(C4CCCCC4)=Cc4c(-c5ccccc5)cccc43)[CH2]C[CH2]2)c2cccc(-c3ccccc3)c21.[Cl-].[Cl-]. The zero-order valence-corrected chi connectivity index (χ0v) is 32.1. The quantitative estimate of drug-likeness (QED) is 0.197. The van der Waals surface area contributed by atoms with E-state index in [-0.39, 0.29) is 24.8 Å². The monoisotopic (exact) mass is 748 g/mol. The summed E-state index contributed by atoms with van der Waals surface area (Å²) in [6.45, 7) is 0. The minimum Gasteiger partial charge on any atom is -1.00 e. The Hall–Kier alpha value is -2.18. The molecule has 0 bridgehead atoms. The van der Waals surface area contributed by atoms with Crippen molar-refractivity contribution in [3.8, 4) is 22.3 Å². The van der Waals surface area contributed by atoms with Crippen molar-refractivity contribution in [1.82, 2.24) is 0 Å². The second-order valence-corrected chi connectivity index (χ2v) is 26.6. The molecule has 0 aromatic heterocycles. The molecular formula is C45H48Cl2Zr. The molecule has 1 heterocycles. The molecule has 3 fully saturated rings. The van der Waals surface area contributed by atoms with Crippen molar-refractivity contribution < 1.29 is 45.1 Å². The van der Waals surface area contributed by atoms with E-state index in [4.69, 9.17) is 0 Å². The van der Waals surface area contributed by atoms with Crippen molar-refractivity contribution in [2.24, 2.45) is 11.8 Å². The summed E-state index contributed by atoms with van der Waals surface area (Å²) in [5, 5.41) is 0. The number of hydrogen-bond acceptors (Lipinski definition) is 0. The molecule has 1 aliphatic heterocycles. The van der Waals surface area contributed by atoms with E-state index in [9.17, 15) is 0 Å². The molecular weight excluding hydrogens is 703 g/mol. The minimum absolute atomic E-state index is 0. The van der Waals surface area contributed by atoms with Crippen molar-refractivity contribution in [2.75, 3.05) is 0 Å². The van der Waals surface area contributed by atoms with Gasteiger partial charge in [-0.2, -0.15) is 0 Å². The van der Waals surface area contributed by atoms with Gasteiger partial charge in [-0.3, -0.25) is 0 Å². The summed E-state index contributed by atoms with van der Waals surface area (Å²) >= 11 is -2.94. The number of rotatable bonds is 6. The molecule has 9 rings (SSSR count). The number of allylic oxidation sites excluding steroid dienone is 2. The summed E-state index contributed by atoms with van der Waals surface area (Å²) in [4.78, 5) is 0. The molecule has 2 saturated carbocycles. The molecule has 0 spiro atoms. The van der Waals surface area contributed by atoms with Crippen molar-refractivity contribution >= 4 is 12.2 Å². The van der Waals surface area contributed by atoms with Crippen LogP contribution in [-0.4, -0.2) is 0 Å². The average Bonchev–Trinajstić information content (AvgIpc) is 3.70. The summed E-state index contributed by atoms with van der Waals surface area (Å²) in [5.41, 5.74) is 16.1. The van der Waals surface area contributed by atoms with Gasteiger partial charge in [0.2, 0.25) is 0 Å². The first-order valence-corrected chi connectivity index (χ1v) is 24.9. The predicted molar refractivity (Wildman–Crippen MR) is 193 cm³/mol. The molecule has 2 atom stereocenters. The fourth-order valence-corrected chi connectivity index (χ4v) is 26.4. The normalized spacial score (nSPS) is 22.4. The van der Waals surface area contributed by atoms with Gasteiger partial charge in [-0.25, -0.2) is 0 Å². The van der Waals surface area contributed by atoms with Gasteiger partial charge in [-0.15, -0.1) is 0 Å². The summed E-state index contributed by atoms with van der Waals surface area (Å²) < 4.78 is 4.57. The van der Waals surface area contributed by atoms with Crippen molar-refractivity contribution in [2.45, 2.75) is 86.1 Å². The van der Waals surface area contributed by atoms with Gasteiger partial charge >= 0.3 is 283 Å². The van der Waals surface area contributed by atoms with Crippen LogP contribution in [0.15, 0.2) is 108 Å². The zero-order chi connectivity index (χ0) is 30.5. The van der Waals surface area contributed by atoms with Gasteiger partial charge in [0, 0.05) is 0 Å². The summed E-state index contributed by atoms with van der Waals surface area (Å²) in [6, 6.07) is 37.4. The Morgan fingerprint density at radius 1 is 0.417 bits per heavy atom. The van der Waals surface area contributed by atoms with Crippen LogP contribution >= 0.6 is 0 Å². The molecule has 0 N–H and O–H groups in total. The Kier molecular flexibility index (Phi) is 10.4. The van der Waals surface area contributed by atoms with Crippen LogP contribution < -0.4 is 24.8 Å². The first-order chi connectivity index (χ1) is 22.8. The van der Waals surface area contributed by atoms with Crippen LogP contribution in [0.4, 0.5) is 0 Å². The smallest absolute Gasteiger partial charge is 1.00 e. The summed E-state index contributed by atoms with van der Waals surface area (Å²) in [5.74, 6) is 1.56. The van der Waals surface area contributed by atoms with Crippen LogP contribution in [-0.2, 0) is 20.3 Å². The first-order valence-electron chi connectivity index (χ1n) is 18.6. The largest absolute Gasteiger partial charge is 1.00 e. The van der Waals surface area contributed by atoms with E-state index in [2.05, 4.69) is 109 Å². The van der Waals surface area contributed by atoms with Crippen LogP contribution in [0.1, 0.15) is 100 Å². The number of fused-ring (bicyclic) bond motifs is 2. The van der Waals surface area contributed by atoms with Gasteiger partial charge in [-0.1, -0.05) is 0 Å². The molecule has 4 aromatic carbocycles. The van der Waals surface area contributed by atoms with E-state index in [0.717, 1.165) is 19.1 Å². The maximum atomic E-state index is 2.79. The molecule has 4 aliphatic carbocycles. The van der Waals surface area contributed by atoms with E-state index in [0.29, 0.717) is 0 Å². The van der Waals surface area contributed by atoms with Crippen molar-refractivity contribution in [1.29, 1.82) is 0 Å². The fraction of sp³-hybridized carbons (Fsp3) is 0.378. The van der Waals surface area contributed by atoms with E-state index >= 15 is 0 Å². The van der Waals surface area contributed by atoms with Gasteiger partial charge < -0.3 is 24.8 Å². The van der Waals surface area contributed by atoms with Crippen LogP contribution in [0.3, 0.4) is 0 Å². The molecule has 0 amide bonds. The number of hydrogen-bond donors (Lipinski definition) is 0. The Morgan fingerprint density at radius 2 is 0.833 bits per heavy atom. The van der Waals surface area contributed by atoms with Crippen LogP contribution in [0.25, 0.3) is 34.4 Å². The molecule has 4 aromatic rings. The fourth-order valence-electron chi connectivity index (χ4n) is 10.8. The molecule has 2 unspecified atom stereocenters. The Balaban J connectivity index is 0.00000182. The van der Waals surface area contributed by atoms with Crippen molar-refractivity contribution in [3.63, 3.8) is 0 Å². The van der Waals surface area contributed by atoms with Gasteiger partial charge in [0.05, 0.1) is 0 Å². The predicted octanol–water partition coefficient (Wildman–Crippen LogP) is 7.16. The van der Waals surface area contributed by atoms with E-state index < -0.39 is 20.3 Å². The van der Waals surface area contributed by atoms with Gasteiger partial charge in [0.15, 0.2) is 0 Å². The van der Waals surface area contributed by atoms with E-state index in [1.807, 2.05) is 11.1 Å². The van der Waals surface area contributed by atoms with Gasteiger partial charge in [0.1, 0.15) is 0 Å². The van der Waals surface area contributed by atoms with Crippen LogP contribution in [0.5, 0.6) is 0 Å². The maximum Gasteiger partial charge on any atom is -1.00 e. The Labute approximate surface area is 305 Å². The molecule has 246 valence electrons. The molecule has 5 aliphatic rings. The second kappa shape index (κ2) is 14.6. The third-order valence-corrected chi connectivity index (χ3v) is 28.1. The number of halogens is 2. The zero-order valence-electron chi connectivity index (χ0n) is 28.2. The second-order valence-electron chi connectivity index (χ2n) is 15.3. The molecule has 1 saturated heterocycles. The summed E-state index contributed by atoms with van der Waals surface area (Å²) in [6.07, 6.45) is 21.2. The van der Waals surface area contributed by atoms with E-state index in [1.54, 1.807) is 30.5 Å². The first kappa shape index (κ1) is 34.3. The number of benzene rings is 4. The maximum absolute atomic E-state index is 2.94. The van der Waals surface area contributed by atoms with Crippen molar-refractivity contribution in [3.05, 3.63) is 130 Å². The van der Waals surface area contributed by atoms with Crippen LogP contribution in [0.2, 0.25) is 8.26 Å². The molecule has 0 nitrogen and oxygen atoms in total. The molecule has 48 heavy (non-hydrogen) atoms. The third kappa shape index (κ3) is 5.79. The Bertz CT molecular complexity index is 1660. The average molecular weight is 751 g/mol. The van der Waals surface area contributed by atoms with E-state index in [1.165, 1.54) is 92.9 Å². The molecule has 0 radical (unpaired) electrons. The van der Waals surface area contributed by atoms with Gasteiger partial charge in [0.25, 0.3) is 0 Å². The summed E-state index contributed by atoms with van der Waals surface area (Å²) in [7, 11) is 0. The standard InChI is InChI=1S/2C21H21.C3H6.2ClH.Zr/c2*1-3-8-16(9-4-1)19-14-18-12-7-13-20(21(18)15-19)17-10-5-2-6-11-17;1-3-2;;;/h2*2,5-7,10-16H,1,3-4,8-9H2;1-3H2;2*1H;/q;;;;;+2/p-2.